The van der Waals surface area contributed by atoms with Crippen molar-refractivity contribution >= 4 is 41.3 Å². The Morgan fingerprint density at radius 1 is 1.26 bits per heavy atom. The number of carbonyl (C=O) groups is 1. The number of ether oxygens (including phenoxy) is 1. The van der Waals surface area contributed by atoms with Crippen molar-refractivity contribution in [3.8, 4) is 5.75 Å². The van der Waals surface area contributed by atoms with Gasteiger partial charge in [-0.3, -0.25) is 0 Å². The summed E-state index contributed by atoms with van der Waals surface area (Å²) < 4.78 is 8.36. The molecule has 0 bridgehead atoms. The number of aryl methyl sites for hydroxylation is 1. The zero-order chi connectivity index (χ0) is 16.4. The second kappa shape index (κ2) is 6.21. The first-order valence-corrected chi connectivity index (χ1v) is 7.35. The van der Waals surface area contributed by atoms with E-state index in [0.717, 1.165) is 11.0 Å². The lowest BCUT2D eigenvalue weighted by molar-refractivity contribution is 0.260. The summed E-state index contributed by atoms with van der Waals surface area (Å²) in [5.74, 6) is 0.564. The smallest absolute Gasteiger partial charge is 0.336 e. The Hall–Kier alpha value is -2.67. The number of thiol groups is 1. The number of amides is 2. The fraction of sp³-hybridized carbons (Fsp3) is 0.125. The number of imidazole rings is 1. The van der Waals surface area contributed by atoms with Gasteiger partial charge in [-0.1, -0.05) is 31.0 Å². The lowest BCUT2D eigenvalue weighted by Gasteiger charge is -2.19. The quantitative estimate of drug-likeness (QED) is 0.724. The minimum atomic E-state index is -0.393. The van der Waals surface area contributed by atoms with Crippen LogP contribution in [0.15, 0.2) is 48.8 Å². The Balaban J connectivity index is 1.88. The Labute approximate surface area is 139 Å². The topological polar surface area (TPSA) is 59.4 Å². The average Bonchev–Trinajstić information content (AvgIpc) is 2.96. The monoisotopic (exact) mass is 328 g/mol. The fourth-order valence-corrected chi connectivity index (χ4v) is 2.56. The Morgan fingerprint density at radius 2 is 2.04 bits per heavy atom. The Bertz CT molecular complexity index is 862. The van der Waals surface area contributed by atoms with Gasteiger partial charge in [0.15, 0.2) is 0 Å². The van der Waals surface area contributed by atoms with Crippen LogP contribution in [0.25, 0.3) is 11.0 Å². The molecule has 0 radical (unpaired) electrons. The van der Waals surface area contributed by atoms with Gasteiger partial charge in [-0.05, 0) is 24.3 Å². The molecule has 0 saturated carbocycles. The molecule has 1 N–H and O–H groups in total. The van der Waals surface area contributed by atoms with Gasteiger partial charge in [0.05, 0.1) is 30.3 Å². The van der Waals surface area contributed by atoms with Crippen LogP contribution in [0.3, 0.4) is 0 Å². The maximum Gasteiger partial charge on any atom is 0.336 e. The van der Waals surface area contributed by atoms with Gasteiger partial charge in [0.1, 0.15) is 11.3 Å². The first-order valence-electron chi connectivity index (χ1n) is 6.95. The molecule has 0 aliphatic heterocycles. The predicted molar refractivity (Wildman–Crippen MR) is 94.2 cm³/mol. The van der Waals surface area contributed by atoms with E-state index in [2.05, 4.69) is 23.1 Å². The van der Waals surface area contributed by atoms with E-state index >= 15 is 0 Å². The highest BCUT2D eigenvalue weighted by atomic mass is 32.1. The van der Waals surface area contributed by atoms with Crippen LogP contribution in [-0.2, 0) is 7.05 Å². The molecule has 23 heavy (non-hydrogen) atoms. The number of carbonyl (C=O) groups excluding carboxylic acids is 1. The SMILES string of the molecule is COc1ccccc1N(S)C(=O)Nc1cccc2c1ncn2C. The maximum absolute atomic E-state index is 12.5. The van der Waals surface area contributed by atoms with Gasteiger partial charge in [-0.2, -0.15) is 0 Å². The zero-order valence-electron chi connectivity index (χ0n) is 12.7. The summed E-state index contributed by atoms with van der Waals surface area (Å²) in [5, 5.41) is 2.83. The van der Waals surface area contributed by atoms with Crippen LogP contribution in [-0.4, -0.2) is 22.7 Å². The maximum atomic E-state index is 12.5. The highest BCUT2D eigenvalue weighted by Gasteiger charge is 2.17. The fourth-order valence-electron chi connectivity index (χ4n) is 2.34. The molecule has 3 rings (SSSR count). The first-order chi connectivity index (χ1) is 11.1. The second-order valence-corrected chi connectivity index (χ2v) is 5.34. The van der Waals surface area contributed by atoms with Crippen LogP contribution in [0.4, 0.5) is 16.2 Å². The number of rotatable bonds is 3. The molecule has 118 valence electrons. The summed E-state index contributed by atoms with van der Waals surface area (Å²) in [4.78, 5) is 16.8. The summed E-state index contributed by atoms with van der Waals surface area (Å²) in [6.07, 6.45) is 1.71. The normalized spacial score (nSPS) is 10.6. The number of hydrogen-bond donors (Lipinski definition) is 2. The van der Waals surface area contributed by atoms with E-state index in [-0.39, 0.29) is 0 Å². The van der Waals surface area contributed by atoms with Crippen LogP contribution in [0.2, 0.25) is 0 Å². The minimum Gasteiger partial charge on any atom is -0.495 e. The van der Waals surface area contributed by atoms with Gasteiger partial charge < -0.3 is 14.6 Å². The van der Waals surface area contributed by atoms with E-state index in [1.807, 2.05) is 35.9 Å². The Morgan fingerprint density at radius 3 is 2.83 bits per heavy atom. The highest BCUT2D eigenvalue weighted by molar-refractivity contribution is 7.82. The van der Waals surface area contributed by atoms with Gasteiger partial charge in [0, 0.05) is 7.05 Å². The molecule has 0 fully saturated rings. The molecule has 3 aromatic rings. The number of nitrogens with zero attached hydrogens (tertiary/aromatic N) is 3. The predicted octanol–water partition coefficient (Wildman–Crippen LogP) is 3.47. The molecule has 2 aromatic carbocycles. The Kier molecular flexibility index (Phi) is 4.12. The number of anilines is 2. The summed E-state index contributed by atoms with van der Waals surface area (Å²) >= 11 is 4.28. The molecule has 7 heteroatoms. The van der Waals surface area contributed by atoms with Crippen molar-refractivity contribution in [3.63, 3.8) is 0 Å². The number of methoxy groups -OCH3 is 1. The van der Waals surface area contributed by atoms with Gasteiger partial charge in [0.25, 0.3) is 0 Å². The number of fused-ring (bicyclic) bond motifs is 1. The number of nitrogens with one attached hydrogen (secondary N) is 1. The van der Waals surface area contributed by atoms with Crippen molar-refractivity contribution in [2.24, 2.45) is 7.05 Å². The third-order valence-electron chi connectivity index (χ3n) is 3.50. The lowest BCUT2D eigenvalue weighted by Crippen LogP contribution is -2.27. The van der Waals surface area contributed by atoms with Crippen molar-refractivity contribution < 1.29 is 9.53 Å². The third kappa shape index (κ3) is 2.83. The molecule has 0 saturated heterocycles. The molecule has 0 aliphatic rings. The number of aromatic nitrogens is 2. The van der Waals surface area contributed by atoms with E-state index in [4.69, 9.17) is 4.74 Å². The molecule has 0 spiro atoms. The third-order valence-corrected chi connectivity index (χ3v) is 3.90. The van der Waals surface area contributed by atoms with Gasteiger partial charge in [-0.25, -0.2) is 14.1 Å². The minimum absolute atomic E-state index is 0.393. The lowest BCUT2D eigenvalue weighted by atomic mass is 10.2. The van der Waals surface area contributed by atoms with Gasteiger partial charge in [0.2, 0.25) is 0 Å². The number of hydrogen-bond acceptors (Lipinski definition) is 4. The van der Waals surface area contributed by atoms with E-state index in [9.17, 15) is 4.79 Å². The molecule has 1 heterocycles. The molecule has 6 nitrogen and oxygen atoms in total. The first kappa shape index (κ1) is 15.2. The summed E-state index contributed by atoms with van der Waals surface area (Å²) in [6.45, 7) is 0. The van der Waals surface area contributed by atoms with E-state index in [0.29, 0.717) is 17.1 Å². The molecular weight excluding hydrogens is 312 g/mol. The second-order valence-electron chi connectivity index (χ2n) is 4.94. The molecular formula is C16H16N4O2S. The van der Waals surface area contributed by atoms with E-state index < -0.39 is 6.03 Å². The standard InChI is InChI=1S/C16H16N4O2S/c1-19-10-17-15-11(6-5-8-13(15)19)18-16(21)20(23)12-7-3-4-9-14(12)22-2/h3-10,23H,1-2H3,(H,18,21). The number of para-hydroxylation sites is 3. The van der Waals surface area contributed by atoms with Crippen LogP contribution < -0.4 is 14.4 Å². The van der Waals surface area contributed by atoms with Crippen LogP contribution >= 0.6 is 12.8 Å². The van der Waals surface area contributed by atoms with Crippen molar-refractivity contribution in [3.05, 3.63) is 48.8 Å². The van der Waals surface area contributed by atoms with E-state index in [1.54, 1.807) is 31.6 Å². The van der Waals surface area contributed by atoms with Crippen molar-refractivity contribution in [1.29, 1.82) is 0 Å². The molecule has 1 aromatic heterocycles. The van der Waals surface area contributed by atoms with Crippen molar-refractivity contribution in [1.82, 2.24) is 9.55 Å². The average molecular weight is 328 g/mol. The molecule has 0 aliphatic carbocycles. The summed E-state index contributed by atoms with van der Waals surface area (Å²) in [6, 6.07) is 12.4. The van der Waals surface area contributed by atoms with Crippen molar-refractivity contribution in [2.45, 2.75) is 0 Å². The van der Waals surface area contributed by atoms with Crippen molar-refractivity contribution in [2.75, 3.05) is 16.7 Å². The van der Waals surface area contributed by atoms with Gasteiger partial charge in [-0.15, -0.1) is 0 Å². The molecule has 0 atom stereocenters. The zero-order valence-corrected chi connectivity index (χ0v) is 13.6. The molecule has 2 amide bonds. The van der Waals surface area contributed by atoms with Crippen LogP contribution in [0, 0.1) is 0 Å². The van der Waals surface area contributed by atoms with E-state index in [1.165, 1.54) is 4.31 Å². The van der Waals surface area contributed by atoms with Crippen LogP contribution in [0.5, 0.6) is 5.75 Å². The largest absolute Gasteiger partial charge is 0.495 e. The molecule has 0 unspecified atom stereocenters. The highest BCUT2D eigenvalue weighted by Crippen LogP contribution is 2.30. The van der Waals surface area contributed by atoms with Crippen LogP contribution in [0.1, 0.15) is 0 Å². The number of benzene rings is 2. The summed E-state index contributed by atoms with van der Waals surface area (Å²) in [5.41, 5.74) is 2.85. The summed E-state index contributed by atoms with van der Waals surface area (Å²) in [7, 11) is 3.45. The van der Waals surface area contributed by atoms with Gasteiger partial charge >= 0.3 is 6.03 Å². The number of urea groups is 1.